The molecule has 1 aromatic heterocycles. The summed E-state index contributed by atoms with van der Waals surface area (Å²) in [4.78, 5) is 5.22. The van der Waals surface area contributed by atoms with E-state index in [0.29, 0.717) is 17.4 Å². The van der Waals surface area contributed by atoms with Crippen LogP contribution < -0.4 is 0 Å². The number of nitrogens with zero attached hydrogens (tertiary/aromatic N) is 4. The van der Waals surface area contributed by atoms with Crippen LogP contribution in [0.3, 0.4) is 0 Å². The highest BCUT2D eigenvalue weighted by Gasteiger charge is 2.18. The highest BCUT2D eigenvalue weighted by molar-refractivity contribution is 7.71. The fourth-order valence-electron chi connectivity index (χ4n) is 3.22. The first-order chi connectivity index (χ1) is 13.2. The number of aromatic nitrogens is 2. The van der Waals surface area contributed by atoms with E-state index in [2.05, 4.69) is 27.0 Å². The first-order valence-corrected chi connectivity index (χ1v) is 9.78. The van der Waals surface area contributed by atoms with Gasteiger partial charge in [-0.05, 0) is 42.0 Å². The first kappa shape index (κ1) is 18.4. The van der Waals surface area contributed by atoms with Crippen molar-refractivity contribution < 1.29 is 4.42 Å². The second-order valence-electron chi connectivity index (χ2n) is 6.70. The second-order valence-corrected chi connectivity index (χ2v) is 7.49. The third kappa shape index (κ3) is 4.65. The molecule has 3 aromatic rings. The molecule has 0 aliphatic carbocycles. The predicted octanol–water partition coefficient (Wildman–Crippen LogP) is 4.30. The Bertz CT molecular complexity index is 931. The Labute approximate surface area is 168 Å². The van der Waals surface area contributed by atoms with Crippen LogP contribution in [0, 0.1) is 4.84 Å². The van der Waals surface area contributed by atoms with Gasteiger partial charge in [0, 0.05) is 43.3 Å². The average Bonchev–Trinajstić information content (AvgIpc) is 3.06. The molecule has 0 N–H and O–H groups in total. The minimum absolute atomic E-state index is 0.414. The quantitative estimate of drug-likeness (QED) is 0.597. The Kier molecular flexibility index (Phi) is 5.69. The molecular formula is C20H21ClN4OS. The molecule has 1 aliphatic heterocycles. The molecule has 0 spiro atoms. The molecule has 1 saturated heterocycles. The van der Waals surface area contributed by atoms with Crippen LogP contribution in [-0.2, 0) is 13.2 Å². The van der Waals surface area contributed by atoms with Gasteiger partial charge in [0.15, 0.2) is 0 Å². The van der Waals surface area contributed by atoms with Crippen LogP contribution in [-0.4, -0.2) is 45.8 Å². The van der Waals surface area contributed by atoms with Crippen molar-refractivity contribution in [1.29, 1.82) is 0 Å². The lowest BCUT2D eigenvalue weighted by molar-refractivity contribution is 0.0974. The molecule has 0 radical (unpaired) electrons. The van der Waals surface area contributed by atoms with E-state index in [1.807, 2.05) is 42.5 Å². The van der Waals surface area contributed by atoms with Crippen molar-refractivity contribution in [2.24, 2.45) is 0 Å². The minimum atomic E-state index is 0.414. The van der Waals surface area contributed by atoms with Gasteiger partial charge < -0.3 is 4.42 Å². The highest BCUT2D eigenvalue weighted by atomic mass is 35.5. The van der Waals surface area contributed by atoms with Crippen LogP contribution in [0.1, 0.15) is 5.56 Å². The molecule has 0 unspecified atom stereocenters. The van der Waals surface area contributed by atoms with Crippen molar-refractivity contribution in [2.45, 2.75) is 13.2 Å². The van der Waals surface area contributed by atoms with Gasteiger partial charge in [-0.3, -0.25) is 9.80 Å². The fraction of sp³-hybridized carbons (Fsp3) is 0.300. The van der Waals surface area contributed by atoms with Crippen LogP contribution in [0.15, 0.2) is 59.0 Å². The maximum atomic E-state index is 5.96. The zero-order chi connectivity index (χ0) is 18.6. The summed E-state index contributed by atoms with van der Waals surface area (Å²) in [5, 5.41) is 5.33. The highest BCUT2D eigenvalue weighted by Crippen LogP contribution is 2.18. The van der Waals surface area contributed by atoms with Crippen LogP contribution in [0.25, 0.3) is 11.5 Å². The molecule has 2 heterocycles. The summed E-state index contributed by atoms with van der Waals surface area (Å²) in [6.07, 6.45) is 0. The molecular weight excluding hydrogens is 380 g/mol. The SMILES string of the molecule is S=c1oc(-c2ccccc2)nn1CN1CCN(Cc2ccc(Cl)cc2)CC1. The van der Waals surface area contributed by atoms with Crippen molar-refractivity contribution in [3.63, 3.8) is 0 Å². The maximum absolute atomic E-state index is 5.96. The molecule has 4 rings (SSSR count). The van der Waals surface area contributed by atoms with E-state index in [4.69, 9.17) is 28.2 Å². The summed E-state index contributed by atoms with van der Waals surface area (Å²) >= 11 is 11.3. The number of hydrogen-bond donors (Lipinski definition) is 0. The van der Waals surface area contributed by atoms with E-state index in [1.54, 1.807) is 4.68 Å². The zero-order valence-corrected chi connectivity index (χ0v) is 16.5. The van der Waals surface area contributed by atoms with Gasteiger partial charge in [-0.1, -0.05) is 41.9 Å². The third-order valence-corrected chi connectivity index (χ3v) is 5.29. The number of benzene rings is 2. The lowest BCUT2D eigenvalue weighted by Gasteiger charge is -2.34. The number of rotatable bonds is 5. The van der Waals surface area contributed by atoms with Gasteiger partial charge in [0.05, 0.1) is 6.67 Å². The maximum Gasteiger partial charge on any atom is 0.288 e. The van der Waals surface area contributed by atoms with Crippen molar-refractivity contribution in [3.8, 4) is 11.5 Å². The normalized spacial score (nSPS) is 15.9. The summed E-state index contributed by atoms with van der Waals surface area (Å²) in [5.74, 6) is 0.571. The molecule has 0 amide bonds. The standard InChI is InChI=1S/C20H21ClN4OS/c21-18-8-6-16(7-9-18)14-23-10-12-24(13-11-23)15-25-20(27)26-19(22-25)17-4-2-1-3-5-17/h1-9H,10-15H2. The van der Waals surface area contributed by atoms with Gasteiger partial charge >= 0.3 is 0 Å². The van der Waals surface area contributed by atoms with E-state index < -0.39 is 0 Å². The molecule has 0 bridgehead atoms. The van der Waals surface area contributed by atoms with Gasteiger partial charge in [0.25, 0.3) is 4.84 Å². The largest absolute Gasteiger partial charge is 0.409 e. The lowest BCUT2D eigenvalue weighted by Crippen LogP contribution is -2.46. The average molecular weight is 401 g/mol. The van der Waals surface area contributed by atoms with Crippen LogP contribution in [0.4, 0.5) is 0 Å². The van der Waals surface area contributed by atoms with Gasteiger partial charge in [-0.25, -0.2) is 4.68 Å². The van der Waals surface area contributed by atoms with Gasteiger partial charge in [0.2, 0.25) is 5.89 Å². The molecule has 1 aliphatic rings. The molecule has 27 heavy (non-hydrogen) atoms. The smallest absolute Gasteiger partial charge is 0.288 e. The molecule has 0 saturated carbocycles. The Morgan fingerprint density at radius 3 is 2.30 bits per heavy atom. The van der Waals surface area contributed by atoms with Crippen LogP contribution >= 0.6 is 23.8 Å². The van der Waals surface area contributed by atoms with Crippen molar-refractivity contribution in [3.05, 3.63) is 70.0 Å². The number of hydrogen-bond acceptors (Lipinski definition) is 5. The Morgan fingerprint density at radius 1 is 0.926 bits per heavy atom. The summed E-state index contributed by atoms with van der Waals surface area (Å²) in [7, 11) is 0. The topological polar surface area (TPSA) is 37.4 Å². The molecule has 140 valence electrons. The summed E-state index contributed by atoms with van der Waals surface area (Å²) in [6.45, 7) is 5.58. The van der Waals surface area contributed by atoms with E-state index in [0.717, 1.165) is 43.3 Å². The van der Waals surface area contributed by atoms with E-state index >= 15 is 0 Å². The number of piperazine rings is 1. The third-order valence-electron chi connectivity index (χ3n) is 4.75. The van der Waals surface area contributed by atoms with E-state index in [1.165, 1.54) is 5.56 Å². The van der Waals surface area contributed by atoms with Gasteiger partial charge in [-0.15, -0.1) is 5.10 Å². The Balaban J connectivity index is 1.33. The van der Waals surface area contributed by atoms with Crippen molar-refractivity contribution in [1.82, 2.24) is 19.6 Å². The monoisotopic (exact) mass is 400 g/mol. The summed E-state index contributed by atoms with van der Waals surface area (Å²) < 4.78 is 7.44. The van der Waals surface area contributed by atoms with Crippen molar-refractivity contribution in [2.75, 3.05) is 26.2 Å². The van der Waals surface area contributed by atoms with E-state index in [-0.39, 0.29) is 0 Å². The van der Waals surface area contributed by atoms with Crippen LogP contribution in [0.2, 0.25) is 5.02 Å². The summed E-state index contributed by atoms with van der Waals surface area (Å²) in [5.41, 5.74) is 2.23. The Hall–Kier alpha value is -1.99. The lowest BCUT2D eigenvalue weighted by atomic mass is 10.2. The van der Waals surface area contributed by atoms with Crippen molar-refractivity contribution >= 4 is 23.8 Å². The van der Waals surface area contributed by atoms with Gasteiger partial charge in [0.1, 0.15) is 0 Å². The number of halogens is 1. The molecule has 1 fully saturated rings. The predicted molar refractivity (Wildman–Crippen MR) is 109 cm³/mol. The van der Waals surface area contributed by atoms with E-state index in [9.17, 15) is 0 Å². The Morgan fingerprint density at radius 2 is 1.59 bits per heavy atom. The second kappa shape index (κ2) is 8.35. The zero-order valence-electron chi connectivity index (χ0n) is 14.9. The molecule has 0 atom stereocenters. The minimum Gasteiger partial charge on any atom is -0.409 e. The van der Waals surface area contributed by atoms with Gasteiger partial charge in [-0.2, -0.15) is 0 Å². The molecule has 7 heteroatoms. The molecule has 5 nitrogen and oxygen atoms in total. The fourth-order valence-corrected chi connectivity index (χ4v) is 3.52. The molecule has 2 aromatic carbocycles. The summed E-state index contributed by atoms with van der Waals surface area (Å²) in [6, 6.07) is 17.9. The van der Waals surface area contributed by atoms with Crippen LogP contribution in [0.5, 0.6) is 0 Å². The first-order valence-electron chi connectivity index (χ1n) is 9.00.